The maximum Gasteiger partial charge on any atom is 0.334 e. The average molecular weight is 223 g/mol. The Hall–Kier alpha value is -0.830. The molecule has 2 bridgehead atoms. The number of nitrogens with one attached hydrogen (secondary N) is 1. The highest BCUT2D eigenvalue weighted by molar-refractivity contribution is 5.88. The number of rotatable bonds is 5. The van der Waals surface area contributed by atoms with Crippen LogP contribution in [0.5, 0.6) is 0 Å². The summed E-state index contributed by atoms with van der Waals surface area (Å²) in [5.41, 5.74) is 0.546. The van der Waals surface area contributed by atoms with Crippen LogP contribution in [0.1, 0.15) is 32.6 Å². The second-order valence-electron chi connectivity index (χ2n) is 4.99. The number of esters is 1. The fraction of sp³-hybridized carbons (Fsp3) is 0.769. The van der Waals surface area contributed by atoms with Crippen molar-refractivity contribution < 1.29 is 9.53 Å². The van der Waals surface area contributed by atoms with Crippen molar-refractivity contribution in [3.63, 3.8) is 0 Å². The molecule has 2 rings (SSSR count). The lowest BCUT2D eigenvalue weighted by atomic mass is 9.95. The minimum atomic E-state index is -0.266. The molecule has 16 heavy (non-hydrogen) atoms. The Morgan fingerprint density at radius 3 is 2.81 bits per heavy atom. The van der Waals surface area contributed by atoms with Crippen LogP contribution in [0.2, 0.25) is 0 Å². The van der Waals surface area contributed by atoms with Gasteiger partial charge in [0.15, 0.2) is 0 Å². The summed E-state index contributed by atoms with van der Waals surface area (Å²) in [6.45, 7) is 6.57. The van der Waals surface area contributed by atoms with E-state index in [0.29, 0.717) is 24.8 Å². The molecule has 0 heterocycles. The number of carbonyl (C=O) groups excluding carboxylic acids is 1. The predicted octanol–water partition coefficient (Wildman–Crippen LogP) is 1.88. The summed E-state index contributed by atoms with van der Waals surface area (Å²) in [7, 11) is 0. The lowest BCUT2D eigenvalue weighted by molar-refractivity contribution is -0.138. The predicted molar refractivity (Wildman–Crippen MR) is 63.0 cm³/mol. The van der Waals surface area contributed by atoms with Crippen LogP contribution in [0.15, 0.2) is 12.2 Å². The summed E-state index contributed by atoms with van der Waals surface area (Å²) >= 11 is 0. The van der Waals surface area contributed by atoms with Crippen LogP contribution >= 0.6 is 0 Å². The molecule has 0 aromatic rings. The summed E-state index contributed by atoms with van der Waals surface area (Å²) in [6, 6.07) is 0.602. The molecule has 0 aromatic heterocycles. The zero-order valence-electron chi connectivity index (χ0n) is 10.00. The Balaban J connectivity index is 1.71. The summed E-state index contributed by atoms with van der Waals surface area (Å²) in [5, 5.41) is 3.45. The second-order valence-corrected chi connectivity index (χ2v) is 4.99. The van der Waals surface area contributed by atoms with E-state index in [-0.39, 0.29) is 5.97 Å². The Kier molecular flexibility index (Phi) is 3.64. The summed E-state index contributed by atoms with van der Waals surface area (Å²) in [6.07, 6.45) is 5.42. The van der Waals surface area contributed by atoms with Crippen molar-refractivity contribution >= 4 is 5.97 Å². The monoisotopic (exact) mass is 223 g/mol. The van der Waals surface area contributed by atoms with Crippen LogP contribution in [0.25, 0.3) is 0 Å². The average Bonchev–Trinajstić information content (AvgIpc) is 2.87. The summed E-state index contributed by atoms with van der Waals surface area (Å²) in [5.74, 6) is 1.50. The van der Waals surface area contributed by atoms with E-state index in [0.717, 1.165) is 11.8 Å². The fourth-order valence-corrected chi connectivity index (χ4v) is 3.05. The highest BCUT2D eigenvalue weighted by atomic mass is 16.5. The van der Waals surface area contributed by atoms with E-state index in [2.05, 4.69) is 11.9 Å². The molecular weight excluding hydrogens is 202 g/mol. The van der Waals surface area contributed by atoms with E-state index in [1.807, 2.05) is 6.92 Å². The molecular formula is C13H21NO2. The Labute approximate surface area is 97.2 Å². The standard InChI is InChI=1S/C13H21NO2/c1-3-16-13(15)9(2)8-14-12-7-10-4-5-11(12)6-10/h10-12,14H,2-8H2,1H3. The largest absolute Gasteiger partial charge is 0.463 e. The van der Waals surface area contributed by atoms with Gasteiger partial charge in [-0.25, -0.2) is 4.79 Å². The van der Waals surface area contributed by atoms with Gasteiger partial charge in [-0.15, -0.1) is 0 Å². The third kappa shape index (κ3) is 2.46. The molecule has 0 saturated heterocycles. The first-order valence-corrected chi connectivity index (χ1v) is 6.29. The molecule has 3 atom stereocenters. The number of ether oxygens (including phenoxy) is 1. The van der Waals surface area contributed by atoms with Crippen molar-refractivity contribution in [2.75, 3.05) is 13.2 Å². The van der Waals surface area contributed by atoms with Crippen LogP contribution in [-0.2, 0) is 9.53 Å². The molecule has 2 aliphatic rings. The normalized spacial score (nSPS) is 31.7. The molecule has 2 aliphatic carbocycles. The van der Waals surface area contributed by atoms with Crippen LogP contribution < -0.4 is 5.32 Å². The lowest BCUT2D eigenvalue weighted by Crippen LogP contribution is -2.36. The minimum Gasteiger partial charge on any atom is -0.463 e. The zero-order valence-corrected chi connectivity index (χ0v) is 10.00. The van der Waals surface area contributed by atoms with Crippen molar-refractivity contribution in [2.24, 2.45) is 11.8 Å². The topological polar surface area (TPSA) is 38.3 Å². The first-order valence-electron chi connectivity index (χ1n) is 6.29. The molecule has 2 fully saturated rings. The van der Waals surface area contributed by atoms with Gasteiger partial charge in [-0.3, -0.25) is 0 Å². The van der Waals surface area contributed by atoms with Gasteiger partial charge in [-0.2, -0.15) is 0 Å². The maximum absolute atomic E-state index is 11.3. The highest BCUT2D eigenvalue weighted by Crippen LogP contribution is 2.44. The van der Waals surface area contributed by atoms with Gasteiger partial charge in [-0.1, -0.05) is 13.0 Å². The van der Waals surface area contributed by atoms with Crippen LogP contribution in [0.3, 0.4) is 0 Å². The molecule has 3 nitrogen and oxygen atoms in total. The van der Waals surface area contributed by atoms with Gasteiger partial charge in [-0.05, 0) is 38.0 Å². The van der Waals surface area contributed by atoms with Crippen molar-refractivity contribution in [3.8, 4) is 0 Å². The van der Waals surface area contributed by atoms with E-state index < -0.39 is 0 Å². The maximum atomic E-state index is 11.3. The zero-order chi connectivity index (χ0) is 11.5. The molecule has 3 unspecified atom stereocenters. The third-order valence-electron chi connectivity index (χ3n) is 3.88. The quantitative estimate of drug-likeness (QED) is 0.571. The number of fused-ring (bicyclic) bond motifs is 2. The summed E-state index contributed by atoms with van der Waals surface area (Å²) < 4.78 is 4.90. The van der Waals surface area contributed by atoms with Gasteiger partial charge in [0.25, 0.3) is 0 Å². The first kappa shape index (κ1) is 11.6. The number of hydrogen-bond acceptors (Lipinski definition) is 3. The van der Waals surface area contributed by atoms with Crippen molar-refractivity contribution in [1.82, 2.24) is 5.32 Å². The molecule has 90 valence electrons. The molecule has 0 spiro atoms. The molecule has 0 amide bonds. The fourth-order valence-electron chi connectivity index (χ4n) is 3.05. The SMILES string of the molecule is C=C(CNC1CC2CCC1C2)C(=O)OCC. The number of hydrogen-bond donors (Lipinski definition) is 1. The van der Waals surface area contributed by atoms with E-state index >= 15 is 0 Å². The van der Waals surface area contributed by atoms with Gasteiger partial charge in [0, 0.05) is 18.2 Å². The van der Waals surface area contributed by atoms with Gasteiger partial charge in [0.05, 0.1) is 6.61 Å². The second kappa shape index (κ2) is 5.00. The minimum absolute atomic E-state index is 0.266. The van der Waals surface area contributed by atoms with E-state index in [1.165, 1.54) is 25.7 Å². The van der Waals surface area contributed by atoms with E-state index in [1.54, 1.807) is 0 Å². The lowest BCUT2D eigenvalue weighted by Gasteiger charge is -2.23. The Morgan fingerprint density at radius 1 is 1.44 bits per heavy atom. The van der Waals surface area contributed by atoms with Crippen molar-refractivity contribution in [3.05, 3.63) is 12.2 Å². The molecule has 2 saturated carbocycles. The molecule has 1 N–H and O–H groups in total. The first-order chi connectivity index (χ1) is 7.70. The summed E-state index contributed by atoms with van der Waals surface area (Å²) in [4.78, 5) is 11.3. The van der Waals surface area contributed by atoms with Crippen molar-refractivity contribution in [1.29, 1.82) is 0 Å². The van der Waals surface area contributed by atoms with Gasteiger partial charge in [0.1, 0.15) is 0 Å². The number of carbonyl (C=O) groups is 1. The smallest absolute Gasteiger partial charge is 0.334 e. The van der Waals surface area contributed by atoms with E-state index in [4.69, 9.17) is 4.74 Å². The molecule has 0 radical (unpaired) electrons. The van der Waals surface area contributed by atoms with Gasteiger partial charge in [0.2, 0.25) is 0 Å². The molecule has 0 aromatic carbocycles. The Morgan fingerprint density at radius 2 is 2.25 bits per heavy atom. The Bertz CT molecular complexity index is 288. The highest BCUT2D eigenvalue weighted by Gasteiger charge is 2.39. The van der Waals surface area contributed by atoms with Crippen LogP contribution in [-0.4, -0.2) is 25.2 Å². The van der Waals surface area contributed by atoms with Crippen LogP contribution in [0, 0.1) is 11.8 Å². The molecule has 3 heteroatoms. The van der Waals surface area contributed by atoms with Crippen molar-refractivity contribution in [2.45, 2.75) is 38.6 Å². The van der Waals surface area contributed by atoms with Gasteiger partial charge < -0.3 is 10.1 Å². The van der Waals surface area contributed by atoms with E-state index in [9.17, 15) is 4.79 Å². The van der Waals surface area contributed by atoms with Crippen LogP contribution in [0.4, 0.5) is 0 Å². The third-order valence-corrected chi connectivity index (χ3v) is 3.88. The molecule has 0 aliphatic heterocycles. The van der Waals surface area contributed by atoms with Gasteiger partial charge >= 0.3 is 5.97 Å².